The Bertz CT molecular complexity index is 515. The van der Waals surface area contributed by atoms with Crippen molar-refractivity contribution in [2.45, 2.75) is 19.1 Å². The highest BCUT2D eigenvalue weighted by atomic mass is 32.1. The third-order valence-electron chi connectivity index (χ3n) is 2.35. The Kier molecular flexibility index (Phi) is 3.95. The third kappa shape index (κ3) is 3.19. The summed E-state index contributed by atoms with van der Waals surface area (Å²) in [5.41, 5.74) is 5.81. The molecule has 2 heterocycles. The molecule has 9 heteroatoms. The first-order valence-electron chi connectivity index (χ1n) is 5.34. The average molecular weight is 285 g/mol. The van der Waals surface area contributed by atoms with Gasteiger partial charge in [0.1, 0.15) is 11.8 Å². The van der Waals surface area contributed by atoms with Gasteiger partial charge in [-0.3, -0.25) is 4.79 Å². The molecule has 19 heavy (non-hydrogen) atoms. The van der Waals surface area contributed by atoms with Gasteiger partial charge in [-0.15, -0.1) is 11.3 Å². The average Bonchev–Trinajstić information content (AvgIpc) is 2.91. The second-order valence-corrected chi connectivity index (χ2v) is 4.58. The van der Waals surface area contributed by atoms with Crippen molar-refractivity contribution in [2.75, 3.05) is 12.3 Å². The first-order valence-corrected chi connectivity index (χ1v) is 6.22. The highest BCUT2D eigenvalue weighted by molar-refractivity contribution is 7.13. The van der Waals surface area contributed by atoms with Crippen LogP contribution in [-0.2, 0) is 19.1 Å². The number of hydrogen-bond donors (Lipinski definition) is 1. The molecule has 1 aromatic heterocycles. The summed E-state index contributed by atoms with van der Waals surface area (Å²) in [4.78, 5) is 30.6. The van der Waals surface area contributed by atoms with E-state index in [9.17, 15) is 9.59 Å². The number of ether oxygens (including phenoxy) is 2. The Balaban J connectivity index is 1.93. The molecule has 2 rings (SSSR count). The first-order chi connectivity index (χ1) is 9.10. The lowest BCUT2D eigenvalue weighted by Gasteiger charge is -2.08. The predicted molar refractivity (Wildman–Crippen MR) is 65.9 cm³/mol. The summed E-state index contributed by atoms with van der Waals surface area (Å²) in [6, 6.07) is 0. The van der Waals surface area contributed by atoms with Crippen molar-refractivity contribution in [2.24, 2.45) is 5.16 Å². The SMILES string of the molecule is CC1OC(=O)OC1CON=C(C=O)c1csc(N)n1. The van der Waals surface area contributed by atoms with Gasteiger partial charge in [-0.2, -0.15) is 0 Å². The lowest BCUT2D eigenvalue weighted by atomic mass is 10.2. The van der Waals surface area contributed by atoms with E-state index in [2.05, 4.69) is 10.1 Å². The third-order valence-corrected chi connectivity index (χ3v) is 3.02. The van der Waals surface area contributed by atoms with Gasteiger partial charge in [-0.1, -0.05) is 5.16 Å². The van der Waals surface area contributed by atoms with Gasteiger partial charge in [0.25, 0.3) is 0 Å². The molecule has 2 unspecified atom stereocenters. The highest BCUT2D eigenvalue weighted by Crippen LogP contribution is 2.15. The van der Waals surface area contributed by atoms with Crippen LogP contribution in [0.25, 0.3) is 0 Å². The molecular weight excluding hydrogens is 274 g/mol. The zero-order valence-electron chi connectivity index (χ0n) is 9.94. The maximum absolute atomic E-state index is 10.9. The topological polar surface area (TPSA) is 113 Å². The summed E-state index contributed by atoms with van der Waals surface area (Å²) < 4.78 is 9.58. The Morgan fingerprint density at radius 2 is 2.47 bits per heavy atom. The molecule has 1 aromatic rings. The summed E-state index contributed by atoms with van der Waals surface area (Å²) in [6.07, 6.45) is -1.20. The number of rotatable bonds is 5. The standard InChI is InChI=1S/C10H11N3O5S/c1-5-8(18-10(15)17-5)3-16-13-6(2-14)7-4-19-9(11)12-7/h2,4-5,8H,3H2,1H3,(H2,11,12). The molecule has 8 nitrogen and oxygen atoms in total. The van der Waals surface area contributed by atoms with E-state index in [0.29, 0.717) is 17.1 Å². The molecule has 0 amide bonds. The summed E-state index contributed by atoms with van der Waals surface area (Å²) in [7, 11) is 0. The molecular formula is C10H11N3O5S. The van der Waals surface area contributed by atoms with Crippen LogP contribution in [0.2, 0.25) is 0 Å². The van der Waals surface area contributed by atoms with E-state index in [1.165, 1.54) is 11.3 Å². The molecule has 0 radical (unpaired) electrons. The fraction of sp³-hybridized carbons (Fsp3) is 0.400. The quantitative estimate of drug-likeness (QED) is 0.364. The molecule has 1 saturated heterocycles. The molecule has 0 saturated carbocycles. The summed E-state index contributed by atoms with van der Waals surface area (Å²) >= 11 is 1.19. The lowest BCUT2D eigenvalue weighted by molar-refractivity contribution is -0.102. The highest BCUT2D eigenvalue weighted by Gasteiger charge is 2.33. The molecule has 2 N–H and O–H groups in total. The van der Waals surface area contributed by atoms with Gasteiger partial charge in [0.05, 0.1) is 0 Å². The van der Waals surface area contributed by atoms with Gasteiger partial charge in [-0.05, 0) is 6.92 Å². The zero-order valence-corrected chi connectivity index (χ0v) is 10.8. The molecule has 0 aromatic carbocycles. The van der Waals surface area contributed by atoms with Crippen molar-refractivity contribution in [1.82, 2.24) is 4.98 Å². The summed E-state index contributed by atoms with van der Waals surface area (Å²) in [5, 5.41) is 5.56. The normalized spacial score (nSPS) is 22.8. The maximum atomic E-state index is 10.9. The second-order valence-electron chi connectivity index (χ2n) is 3.69. The maximum Gasteiger partial charge on any atom is 0.509 e. The van der Waals surface area contributed by atoms with Crippen LogP contribution in [0.1, 0.15) is 12.6 Å². The smallest absolute Gasteiger partial charge is 0.427 e. The molecule has 2 atom stereocenters. The predicted octanol–water partition coefficient (Wildman–Crippen LogP) is 0.569. The lowest BCUT2D eigenvalue weighted by Crippen LogP contribution is -2.24. The number of carbonyl (C=O) groups is 2. The van der Waals surface area contributed by atoms with Gasteiger partial charge >= 0.3 is 6.16 Å². The number of nitrogens with two attached hydrogens (primary N) is 1. The van der Waals surface area contributed by atoms with Crippen molar-refractivity contribution >= 4 is 34.6 Å². The van der Waals surface area contributed by atoms with E-state index < -0.39 is 18.4 Å². The minimum absolute atomic E-state index is 0.0101. The molecule has 102 valence electrons. The summed E-state index contributed by atoms with van der Waals surface area (Å²) in [5.74, 6) is 0. The molecule has 0 aliphatic carbocycles. The van der Waals surface area contributed by atoms with Crippen LogP contribution in [0, 0.1) is 0 Å². The van der Waals surface area contributed by atoms with Gasteiger partial charge in [-0.25, -0.2) is 9.78 Å². The number of anilines is 1. The van der Waals surface area contributed by atoms with Crippen LogP contribution in [0.15, 0.2) is 10.5 Å². The van der Waals surface area contributed by atoms with Crippen molar-refractivity contribution < 1.29 is 23.9 Å². The van der Waals surface area contributed by atoms with Crippen molar-refractivity contribution in [3.63, 3.8) is 0 Å². The number of nitrogen functional groups attached to an aromatic ring is 1. The number of carbonyl (C=O) groups excluding carboxylic acids is 2. The Morgan fingerprint density at radius 3 is 3.00 bits per heavy atom. The van der Waals surface area contributed by atoms with E-state index >= 15 is 0 Å². The number of aromatic nitrogens is 1. The van der Waals surface area contributed by atoms with Crippen LogP contribution in [-0.4, -0.2) is 42.0 Å². The second kappa shape index (κ2) is 5.65. The Morgan fingerprint density at radius 1 is 1.68 bits per heavy atom. The molecule has 0 bridgehead atoms. The number of nitrogens with zero attached hydrogens (tertiary/aromatic N) is 2. The largest absolute Gasteiger partial charge is 0.509 e. The number of thiazole rings is 1. The monoisotopic (exact) mass is 285 g/mol. The molecule has 0 spiro atoms. The van der Waals surface area contributed by atoms with Crippen LogP contribution in [0.3, 0.4) is 0 Å². The fourth-order valence-electron chi connectivity index (χ4n) is 1.36. The van der Waals surface area contributed by atoms with Crippen LogP contribution < -0.4 is 5.73 Å². The number of cyclic esters (lactones) is 2. The molecule has 1 aliphatic rings. The molecule has 1 fully saturated rings. The van der Waals surface area contributed by atoms with Crippen molar-refractivity contribution in [1.29, 1.82) is 0 Å². The van der Waals surface area contributed by atoms with Gasteiger partial charge < -0.3 is 20.0 Å². The van der Waals surface area contributed by atoms with E-state index in [1.807, 2.05) is 0 Å². The first kappa shape index (κ1) is 13.3. The van der Waals surface area contributed by atoms with E-state index in [0.717, 1.165) is 0 Å². The minimum Gasteiger partial charge on any atom is -0.427 e. The van der Waals surface area contributed by atoms with Crippen LogP contribution in [0.5, 0.6) is 0 Å². The van der Waals surface area contributed by atoms with E-state index in [1.54, 1.807) is 12.3 Å². The van der Waals surface area contributed by atoms with Crippen LogP contribution >= 0.6 is 11.3 Å². The van der Waals surface area contributed by atoms with Crippen molar-refractivity contribution in [3.05, 3.63) is 11.1 Å². The Labute approximate surface area is 112 Å². The zero-order chi connectivity index (χ0) is 13.8. The van der Waals surface area contributed by atoms with E-state index in [4.69, 9.17) is 20.0 Å². The Hall–Kier alpha value is -2.16. The molecule has 1 aliphatic heterocycles. The van der Waals surface area contributed by atoms with Crippen molar-refractivity contribution in [3.8, 4) is 0 Å². The van der Waals surface area contributed by atoms with Crippen LogP contribution in [0.4, 0.5) is 9.93 Å². The number of aldehydes is 1. The summed E-state index contributed by atoms with van der Waals surface area (Å²) in [6.45, 7) is 1.66. The minimum atomic E-state index is -0.743. The fourth-order valence-corrected chi connectivity index (χ4v) is 1.92. The van der Waals surface area contributed by atoms with Gasteiger partial charge in [0.15, 0.2) is 29.8 Å². The van der Waals surface area contributed by atoms with E-state index in [-0.39, 0.29) is 12.3 Å². The van der Waals surface area contributed by atoms with Gasteiger partial charge in [0, 0.05) is 5.38 Å². The number of oxime groups is 1. The van der Waals surface area contributed by atoms with Gasteiger partial charge in [0.2, 0.25) is 0 Å². The number of hydrogen-bond acceptors (Lipinski definition) is 9.